The molecule has 0 spiro atoms. The largest absolute Gasteiger partial charge is 0.489 e. The quantitative estimate of drug-likeness (QED) is 0.172. The van der Waals surface area contributed by atoms with E-state index in [2.05, 4.69) is 29.5 Å². The van der Waals surface area contributed by atoms with Crippen molar-refractivity contribution in [2.75, 3.05) is 50.8 Å². The molecule has 2 aliphatic heterocycles. The number of rotatable bonds is 11. The molecule has 11 nitrogen and oxygen atoms in total. The molecule has 0 bridgehead atoms. The summed E-state index contributed by atoms with van der Waals surface area (Å²) in [4.78, 5) is 43.1. The third-order valence-corrected chi connectivity index (χ3v) is 11.1. The lowest BCUT2D eigenvalue weighted by atomic mass is 9.95. The number of hydrogen-bond donors (Lipinski definition) is 0. The summed E-state index contributed by atoms with van der Waals surface area (Å²) in [7, 11) is -1.19. The average Bonchev–Trinajstić information content (AvgIpc) is 3.80. The summed E-state index contributed by atoms with van der Waals surface area (Å²) >= 11 is 6.25. The normalized spacial score (nSPS) is 18.6. The van der Waals surface area contributed by atoms with E-state index in [1.54, 1.807) is 23.4 Å². The van der Waals surface area contributed by atoms with Gasteiger partial charge < -0.3 is 33.5 Å². The molecule has 6 rings (SSSR count). The summed E-state index contributed by atoms with van der Waals surface area (Å²) in [5, 5.41) is 1.47. The number of anilines is 1. The summed E-state index contributed by atoms with van der Waals surface area (Å²) in [6.45, 7) is 16.5. The van der Waals surface area contributed by atoms with Gasteiger partial charge in [-0.15, -0.1) is 0 Å². The van der Waals surface area contributed by atoms with E-state index in [1.807, 2.05) is 48.6 Å². The van der Waals surface area contributed by atoms with Crippen LogP contribution in [0.1, 0.15) is 45.1 Å². The number of benzene rings is 1. The van der Waals surface area contributed by atoms with Gasteiger partial charge in [-0.2, -0.15) is 0 Å². The molecule has 260 valence electrons. The van der Waals surface area contributed by atoms with Crippen molar-refractivity contribution in [1.29, 1.82) is 0 Å². The van der Waals surface area contributed by atoms with Crippen LogP contribution in [-0.2, 0) is 21.0 Å². The highest BCUT2D eigenvalue weighted by Gasteiger charge is 2.39. The van der Waals surface area contributed by atoms with Gasteiger partial charge in [-0.1, -0.05) is 43.4 Å². The third kappa shape index (κ3) is 8.26. The number of hydrogen-bond acceptors (Lipinski definition) is 8. The lowest BCUT2D eigenvalue weighted by Crippen LogP contribution is -2.58. The number of amides is 2. The number of nitrogens with zero attached hydrogens (tertiary/aromatic N) is 6. The maximum absolute atomic E-state index is 14.5. The Morgan fingerprint density at radius 2 is 1.88 bits per heavy atom. The van der Waals surface area contributed by atoms with E-state index in [0.29, 0.717) is 57.1 Å². The zero-order valence-electron chi connectivity index (χ0n) is 29.1. The van der Waals surface area contributed by atoms with Crippen LogP contribution in [-0.4, -0.2) is 102 Å². The second-order valence-electron chi connectivity index (χ2n) is 15.6. The topological polar surface area (TPSA) is 102 Å². The molecule has 1 aliphatic carbocycles. The molecule has 2 aromatic heterocycles. The molecule has 0 radical (unpaired) electrons. The standard InChI is InChI=1S/C35H49ClN6O5Si/c1-35(2,3)47-34(44)40(17-24-7-8-24)19-28(25-9-11-26(36)12-10-25)33(43)39-13-14-42-27(18-39)21-46-29-20-41(23-45-15-16-48(4,5)6)31-30(29)32(42)38-22-37-31/h9-12,20,22,24,27-28H,7-8,13-19,21,23H2,1-6H3/t27-,28?/m0/s1. The third-order valence-electron chi connectivity index (χ3n) is 9.12. The number of carbonyl (C=O) groups is 2. The van der Waals surface area contributed by atoms with Crippen LogP contribution in [0.2, 0.25) is 30.7 Å². The van der Waals surface area contributed by atoms with Crippen molar-refractivity contribution >= 4 is 48.5 Å². The van der Waals surface area contributed by atoms with Crippen LogP contribution in [0, 0.1) is 5.92 Å². The highest BCUT2D eigenvalue weighted by Crippen LogP contribution is 2.38. The smallest absolute Gasteiger partial charge is 0.410 e. The summed E-state index contributed by atoms with van der Waals surface area (Å²) in [6.07, 6.45) is 5.33. The highest BCUT2D eigenvalue weighted by atomic mass is 35.5. The van der Waals surface area contributed by atoms with Crippen molar-refractivity contribution < 1.29 is 23.8 Å². The fraction of sp³-hybridized carbons (Fsp3) is 0.600. The molecule has 1 aromatic carbocycles. The average molecular weight is 697 g/mol. The molecule has 13 heteroatoms. The first-order valence-corrected chi connectivity index (χ1v) is 21.2. The first kappa shape index (κ1) is 34.5. The Balaban J connectivity index is 1.20. The van der Waals surface area contributed by atoms with E-state index in [9.17, 15) is 9.59 Å². The lowest BCUT2D eigenvalue weighted by Gasteiger charge is -2.42. The molecule has 3 aromatic rings. The van der Waals surface area contributed by atoms with Crippen LogP contribution in [0.3, 0.4) is 0 Å². The van der Waals surface area contributed by atoms with Crippen molar-refractivity contribution in [2.45, 2.75) is 83.6 Å². The molecule has 1 saturated carbocycles. The van der Waals surface area contributed by atoms with Gasteiger partial charge >= 0.3 is 6.09 Å². The van der Waals surface area contributed by atoms with Gasteiger partial charge in [0.05, 0.1) is 18.2 Å². The van der Waals surface area contributed by atoms with E-state index in [0.717, 1.165) is 47.0 Å². The van der Waals surface area contributed by atoms with E-state index >= 15 is 0 Å². The minimum absolute atomic E-state index is 0.0290. The van der Waals surface area contributed by atoms with Gasteiger partial charge in [-0.05, 0) is 63.3 Å². The number of fused-ring (bicyclic) bond motifs is 2. The van der Waals surface area contributed by atoms with Gasteiger partial charge in [0.2, 0.25) is 5.91 Å². The van der Waals surface area contributed by atoms with E-state index < -0.39 is 19.6 Å². The number of piperazine rings is 1. The lowest BCUT2D eigenvalue weighted by molar-refractivity contribution is -0.134. The van der Waals surface area contributed by atoms with Crippen molar-refractivity contribution in [3.63, 3.8) is 0 Å². The van der Waals surface area contributed by atoms with E-state index in [1.165, 1.54) is 0 Å². The van der Waals surface area contributed by atoms with Crippen molar-refractivity contribution in [3.8, 4) is 5.75 Å². The molecule has 1 saturated heterocycles. The van der Waals surface area contributed by atoms with Crippen LogP contribution >= 0.6 is 11.6 Å². The Morgan fingerprint density at radius 3 is 2.56 bits per heavy atom. The van der Waals surface area contributed by atoms with Crippen LogP contribution in [0.5, 0.6) is 5.75 Å². The summed E-state index contributed by atoms with van der Waals surface area (Å²) in [5.41, 5.74) is 0.965. The number of halogens is 1. The predicted molar refractivity (Wildman–Crippen MR) is 190 cm³/mol. The van der Waals surface area contributed by atoms with E-state index in [-0.39, 0.29) is 24.6 Å². The summed E-state index contributed by atoms with van der Waals surface area (Å²) in [5.74, 6) is 1.38. The first-order valence-electron chi connectivity index (χ1n) is 17.1. The Hall–Kier alpha value is -3.35. The molecule has 4 heterocycles. The van der Waals surface area contributed by atoms with Gasteiger partial charge in [-0.25, -0.2) is 14.8 Å². The van der Waals surface area contributed by atoms with Gasteiger partial charge in [0.15, 0.2) is 5.65 Å². The molecule has 0 N–H and O–H groups in total. The maximum atomic E-state index is 14.5. The van der Waals surface area contributed by atoms with Crippen LogP contribution in [0.4, 0.5) is 10.6 Å². The van der Waals surface area contributed by atoms with Gasteiger partial charge in [0.1, 0.15) is 42.2 Å². The Labute approximate surface area is 289 Å². The van der Waals surface area contributed by atoms with Crippen molar-refractivity contribution in [2.24, 2.45) is 5.92 Å². The molecular formula is C35H49ClN6O5Si. The molecule has 1 unspecified atom stereocenters. The fourth-order valence-corrected chi connectivity index (χ4v) is 7.21. The zero-order chi connectivity index (χ0) is 34.2. The molecule has 2 amide bonds. The first-order chi connectivity index (χ1) is 22.8. The SMILES string of the molecule is CC(C)(C)OC(=O)N(CC1CC1)CC(C(=O)N1CCN2c3ncnc4c3c(cn4COCC[Si](C)(C)C)OC[C@@H]2C1)c1ccc(Cl)cc1. The fourth-order valence-electron chi connectivity index (χ4n) is 6.33. The number of carbonyl (C=O) groups excluding carboxylic acids is 2. The Kier molecular flexibility index (Phi) is 9.97. The number of ether oxygens (including phenoxy) is 3. The summed E-state index contributed by atoms with van der Waals surface area (Å²) in [6, 6.07) is 8.37. The second-order valence-corrected chi connectivity index (χ2v) is 21.6. The molecule has 3 aliphatic rings. The van der Waals surface area contributed by atoms with Crippen LogP contribution < -0.4 is 9.64 Å². The molecule has 2 atom stereocenters. The maximum Gasteiger partial charge on any atom is 0.410 e. The van der Waals surface area contributed by atoms with Gasteiger partial charge in [0, 0.05) is 52.4 Å². The highest BCUT2D eigenvalue weighted by molar-refractivity contribution is 6.76. The molecule has 2 fully saturated rings. The van der Waals surface area contributed by atoms with Gasteiger partial charge in [0.25, 0.3) is 0 Å². The van der Waals surface area contributed by atoms with Crippen LogP contribution in [0.15, 0.2) is 36.8 Å². The van der Waals surface area contributed by atoms with E-state index in [4.69, 9.17) is 30.8 Å². The molecular weight excluding hydrogens is 648 g/mol. The Morgan fingerprint density at radius 1 is 1.12 bits per heavy atom. The zero-order valence-corrected chi connectivity index (χ0v) is 30.8. The number of aromatic nitrogens is 3. The minimum atomic E-state index is -1.19. The van der Waals surface area contributed by atoms with Gasteiger partial charge in [-0.3, -0.25) is 4.79 Å². The summed E-state index contributed by atoms with van der Waals surface area (Å²) < 4.78 is 20.2. The second kappa shape index (κ2) is 13.9. The Bertz CT molecular complexity index is 1620. The van der Waals surface area contributed by atoms with Crippen LogP contribution in [0.25, 0.3) is 11.0 Å². The van der Waals surface area contributed by atoms with Crippen molar-refractivity contribution in [1.82, 2.24) is 24.3 Å². The predicted octanol–water partition coefficient (Wildman–Crippen LogP) is 6.24. The van der Waals surface area contributed by atoms with Crippen molar-refractivity contribution in [3.05, 3.63) is 47.4 Å². The minimum Gasteiger partial charge on any atom is -0.489 e. The molecule has 48 heavy (non-hydrogen) atoms. The monoisotopic (exact) mass is 696 g/mol.